The van der Waals surface area contributed by atoms with Crippen LogP contribution in [0.25, 0.3) is 10.9 Å². The van der Waals surface area contributed by atoms with Crippen molar-refractivity contribution >= 4 is 91.9 Å². The van der Waals surface area contributed by atoms with Crippen LogP contribution in [0, 0.1) is 5.92 Å². The van der Waals surface area contributed by atoms with Crippen LogP contribution in [0.15, 0.2) is 149 Å². The molecule has 1 saturated heterocycles. The van der Waals surface area contributed by atoms with Crippen LogP contribution in [0.5, 0.6) is 5.75 Å². The molecule has 7 rings (SSSR count). The molecule has 0 spiro atoms. The molecule has 97 heavy (non-hydrogen) atoms. The number of aromatic hydroxyl groups is 1. The Balaban J connectivity index is 1.14. The lowest BCUT2D eigenvalue weighted by Gasteiger charge is -2.30. The van der Waals surface area contributed by atoms with E-state index in [1.54, 1.807) is 80.7 Å². The fraction of sp³-hybridized carbons (Fsp3) is 0.377. The second kappa shape index (κ2) is 36.6. The number of halogens is 1. The highest BCUT2D eigenvalue weighted by atomic mass is 79.9. The number of carbonyl (C=O) groups excluding carboxylic acids is 10. The summed E-state index contributed by atoms with van der Waals surface area (Å²) in [5.41, 5.74) is 26.5. The van der Waals surface area contributed by atoms with Gasteiger partial charge in [0.25, 0.3) is 0 Å². The first-order valence-corrected chi connectivity index (χ1v) is 32.8. The van der Waals surface area contributed by atoms with Gasteiger partial charge in [0.2, 0.25) is 59.1 Å². The van der Waals surface area contributed by atoms with Crippen LogP contribution >= 0.6 is 15.9 Å². The van der Waals surface area contributed by atoms with Crippen molar-refractivity contribution < 1.29 is 58.2 Å². The van der Waals surface area contributed by atoms with Crippen LogP contribution in [0.3, 0.4) is 0 Å². The molecule has 28 heteroatoms. The molecule has 1 aliphatic rings. The Morgan fingerprint density at radius 3 is 1.59 bits per heavy atom. The number of phenols is 1. The minimum atomic E-state index is -1.78. The molecule has 0 saturated carbocycles. The summed E-state index contributed by atoms with van der Waals surface area (Å²) in [6.07, 6.45) is 2.15. The van der Waals surface area contributed by atoms with Gasteiger partial charge in [-0.3, -0.25) is 52.9 Å². The molecule has 0 bridgehead atoms. The molecule has 1 aromatic heterocycles. The van der Waals surface area contributed by atoms with Crippen LogP contribution in [-0.2, 0) is 80.0 Å². The number of guanidine groups is 1. The van der Waals surface area contributed by atoms with Crippen LogP contribution in [0.1, 0.15) is 73.8 Å². The zero-order valence-corrected chi connectivity index (χ0v) is 55.6. The lowest BCUT2D eigenvalue weighted by atomic mass is 9.99. The number of aliphatic hydroxyl groups is 1. The third-order valence-electron chi connectivity index (χ3n) is 16.3. The number of aromatic nitrogens is 1. The number of carbonyl (C=O) groups is 10. The van der Waals surface area contributed by atoms with E-state index in [0.29, 0.717) is 34.1 Å². The van der Waals surface area contributed by atoms with Gasteiger partial charge in [-0.05, 0) is 103 Å². The Kier molecular flexibility index (Phi) is 28.0. The molecule has 5 aromatic carbocycles. The highest BCUT2D eigenvalue weighted by Crippen LogP contribution is 2.23. The maximum absolute atomic E-state index is 15.0. The third-order valence-corrected chi connectivity index (χ3v) is 16.8. The maximum atomic E-state index is 15.0. The number of para-hydroxylation sites is 1. The topological polar surface area (TPSA) is 443 Å². The first-order chi connectivity index (χ1) is 46.4. The van der Waals surface area contributed by atoms with Crippen molar-refractivity contribution in [2.45, 2.75) is 132 Å². The highest BCUT2D eigenvalue weighted by Gasteiger charge is 2.40. The van der Waals surface area contributed by atoms with E-state index in [-0.39, 0.29) is 88.5 Å². The number of nitrogens with two attached hydrogens (primary N) is 4. The smallest absolute Gasteiger partial charge is 0.245 e. The standard InChI is InChI=1S/C69H86BrN15O12/c1-40(2)31-52(61(90)78-51(19-11-29-75-69(73)74)68(97)85-30-12-20-58(85)67(96)77-38-59(72)88)80-63(92)54(33-42-15-7-4-8-16-42)81-64(93)55(35-44-23-27-47(87)28-24-44)82-66(95)57(39-86)84-65(94)56(36-45-37-76-50-18-10-9-17-48(45)50)83-62(91)53(34-43-21-25-46(70)26-22-43)79-60(89)49(71)32-41-13-5-3-6-14-41/h3-10,13-18,21-28,37,40,49,51-58,76,86-87H,11-12,19-20,29-36,38-39,71H2,1-2H3,(H2,72,88)(H,77,96)(H,78,90)(H,79,89)(H,80,92)(H,81,93)(H,82,95)(H,83,91)(H,84,94)(H4,73,74,75)/t49-,51+,52+,53+,54-,55+,56-,57+,58+/m1/s1. The van der Waals surface area contributed by atoms with Gasteiger partial charge in [0.05, 0.1) is 19.2 Å². The van der Waals surface area contributed by atoms with E-state index in [1.165, 1.54) is 29.2 Å². The van der Waals surface area contributed by atoms with Crippen LogP contribution in [0.2, 0.25) is 0 Å². The fourth-order valence-corrected chi connectivity index (χ4v) is 11.5. The van der Waals surface area contributed by atoms with Crippen molar-refractivity contribution in [1.29, 1.82) is 0 Å². The SMILES string of the molecule is CC(C)C[C@H](NC(=O)[C@@H](Cc1ccccc1)NC(=O)[C@H](Cc1ccc(O)cc1)NC(=O)[C@H](CO)NC(=O)[C@@H](Cc1c[nH]c2ccccc12)NC(=O)[C@H](Cc1ccc(Br)cc1)NC(=O)[C@H](N)Cc1ccccc1)C(=O)N[C@@H](CCCN=C(N)N)C(=O)N1CCC[C@H]1C(=O)NCC(N)=O. The summed E-state index contributed by atoms with van der Waals surface area (Å²) >= 11 is 3.43. The number of hydrogen-bond acceptors (Lipinski definition) is 14. The van der Waals surface area contributed by atoms with Crippen molar-refractivity contribution in [3.8, 4) is 5.75 Å². The predicted octanol–water partition coefficient (Wildman–Crippen LogP) is 0.555. The first-order valence-electron chi connectivity index (χ1n) is 32.0. The minimum absolute atomic E-state index is 0.000947. The quantitative estimate of drug-likeness (QED) is 0.0147. The van der Waals surface area contributed by atoms with E-state index >= 15 is 0 Å². The number of fused-ring (bicyclic) bond motifs is 1. The van der Waals surface area contributed by atoms with E-state index < -0.39 is 127 Å². The average molecular weight is 1400 g/mol. The Hall–Kier alpha value is -10.2. The molecule has 516 valence electrons. The third kappa shape index (κ3) is 23.0. The van der Waals surface area contributed by atoms with Crippen LogP contribution in [-0.4, -0.2) is 166 Å². The second-order valence-electron chi connectivity index (χ2n) is 24.3. The number of H-pyrrole nitrogens is 1. The van der Waals surface area contributed by atoms with Gasteiger partial charge >= 0.3 is 0 Å². The second-order valence-corrected chi connectivity index (χ2v) is 25.2. The number of nitrogens with one attached hydrogen (secondary N) is 9. The summed E-state index contributed by atoms with van der Waals surface area (Å²) in [4.78, 5) is 150. The van der Waals surface area contributed by atoms with E-state index in [0.717, 1.165) is 15.6 Å². The van der Waals surface area contributed by atoms with Gasteiger partial charge < -0.3 is 85.6 Å². The number of nitrogens with zero attached hydrogens (tertiary/aromatic N) is 2. The number of rotatable bonds is 35. The molecule has 6 aromatic rings. The number of likely N-dealkylation sites (tertiary alicyclic amines) is 1. The molecule has 9 atom stereocenters. The lowest BCUT2D eigenvalue weighted by molar-refractivity contribution is -0.142. The molecule has 0 unspecified atom stereocenters. The van der Waals surface area contributed by atoms with Crippen molar-refractivity contribution in [1.82, 2.24) is 52.4 Å². The molecule has 0 radical (unpaired) electrons. The summed E-state index contributed by atoms with van der Waals surface area (Å²) in [5, 5.41) is 43.5. The van der Waals surface area contributed by atoms with E-state index in [2.05, 4.69) is 68.4 Å². The minimum Gasteiger partial charge on any atom is -0.508 e. The van der Waals surface area contributed by atoms with Gasteiger partial charge in [-0.1, -0.05) is 133 Å². The molecule has 0 aliphatic carbocycles. The Bertz CT molecular complexity index is 3710. The van der Waals surface area contributed by atoms with E-state index in [1.807, 2.05) is 48.5 Å². The number of aliphatic hydroxyl groups excluding tert-OH is 1. The number of amides is 10. The van der Waals surface area contributed by atoms with Crippen molar-refractivity contribution in [3.63, 3.8) is 0 Å². The molecule has 1 aliphatic heterocycles. The summed E-state index contributed by atoms with van der Waals surface area (Å²) in [5.74, 6) is -8.50. The van der Waals surface area contributed by atoms with Gasteiger partial charge in [-0.2, -0.15) is 0 Å². The lowest BCUT2D eigenvalue weighted by Crippen LogP contribution is -2.61. The monoisotopic (exact) mass is 1400 g/mol. The molecule has 27 nitrogen and oxygen atoms in total. The van der Waals surface area contributed by atoms with E-state index in [9.17, 15) is 58.2 Å². The molecular weight excluding hydrogens is 1310 g/mol. The number of phenolic OH excluding ortho intramolecular Hbond substituents is 1. The summed E-state index contributed by atoms with van der Waals surface area (Å²) in [7, 11) is 0. The predicted molar refractivity (Wildman–Crippen MR) is 367 cm³/mol. The van der Waals surface area contributed by atoms with Crippen molar-refractivity contribution in [2.24, 2.45) is 33.8 Å². The Morgan fingerprint density at radius 1 is 0.577 bits per heavy atom. The van der Waals surface area contributed by atoms with E-state index in [4.69, 9.17) is 22.9 Å². The highest BCUT2D eigenvalue weighted by molar-refractivity contribution is 9.10. The van der Waals surface area contributed by atoms with Crippen LogP contribution in [0.4, 0.5) is 0 Å². The Morgan fingerprint density at radius 2 is 1.04 bits per heavy atom. The molecule has 2 heterocycles. The zero-order valence-electron chi connectivity index (χ0n) is 54.0. The maximum Gasteiger partial charge on any atom is 0.245 e. The molecule has 1 fully saturated rings. The number of benzene rings is 5. The van der Waals surface area contributed by atoms with Crippen molar-refractivity contribution in [3.05, 3.63) is 172 Å². The fourth-order valence-electron chi connectivity index (χ4n) is 11.3. The largest absolute Gasteiger partial charge is 0.508 e. The van der Waals surface area contributed by atoms with Gasteiger partial charge in [0.1, 0.15) is 54.1 Å². The van der Waals surface area contributed by atoms with Crippen LogP contribution < -0.4 is 65.5 Å². The van der Waals surface area contributed by atoms with Gasteiger partial charge in [-0.15, -0.1) is 0 Å². The zero-order chi connectivity index (χ0) is 70.1. The summed E-state index contributed by atoms with van der Waals surface area (Å²) in [6.45, 7) is 2.37. The Labute approximate surface area is 570 Å². The number of aromatic amines is 1. The molecular formula is C69H86BrN15O12. The number of aliphatic imine (C=N–C) groups is 1. The first kappa shape index (κ1) is 74.2. The number of hydrogen-bond donors (Lipinski definition) is 15. The van der Waals surface area contributed by atoms with Crippen molar-refractivity contribution in [2.75, 3.05) is 26.2 Å². The molecule has 19 N–H and O–H groups in total. The average Bonchev–Trinajstić information content (AvgIpc) is 1.46. The van der Waals surface area contributed by atoms with Gasteiger partial charge in [0.15, 0.2) is 5.96 Å². The molecule has 10 amide bonds. The van der Waals surface area contributed by atoms with Gasteiger partial charge in [0, 0.05) is 60.3 Å². The summed E-state index contributed by atoms with van der Waals surface area (Å²) in [6, 6.07) is 25.5. The number of primary amides is 1. The normalized spacial score (nSPS) is 15.2. The summed E-state index contributed by atoms with van der Waals surface area (Å²) < 4.78 is 0.765. The van der Waals surface area contributed by atoms with Gasteiger partial charge in [-0.25, -0.2) is 0 Å².